The number of esters is 1. The summed E-state index contributed by atoms with van der Waals surface area (Å²) in [5.41, 5.74) is -0.525. The molecule has 0 heterocycles. The van der Waals surface area contributed by atoms with Gasteiger partial charge in [0.2, 0.25) is 0 Å². The number of allylic oxidation sites excluding steroid dienone is 1. The molecule has 0 aromatic carbocycles. The molecule has 0 aliphatic rings. The van der Waals surface area contributed by atoms with Crippen LogP contribution in [0.25, 0.3) is 0 Å². The predicted molar refractivity (Wildman–Crippen MR) is 119 cm³/mol. The molecule has 0 spiro atoms. The first-order valence-electron chi connectivity index (χ1n) is 11.1. The molecule has 0 aliphatic carbocycles. The summed E-state index contributed by atoms with van der Waals surface area (Å²) in [6.07, 6.45) is 11.3. The molecule has 27 heavy (non-hydrogen) atoms. The van der Waals surface area contributed by atoms with Crippen LogP contribution in [0.1, 0.15) is 99.3 Å². The summed E-state index contributed by atoms with van der Waals surface area (Å²) < 4.78 is 12.2. The zero-order chi connectivity index (χ0) is 20.8. The Morgan fingerprint density at radius 3 is 1.78 bits per heavy atom. The fourth-order valence-corrected chi connectivity index (χ4v) is 17.9. The van der Waals surface area contributed by atoms with Crippen molar-refractivity contribution in [1.82, 2.24) is 0 Å². The SMILES string of the molecule is CCC[CH2][Sn](/[CH]=C/CCC(=O)CC(=O)OC(C)(C)C)([CH2]CCC)[CH2]CCC. The van der Waals surface area contributed by atoms with E-state index in [1.54, 1.807) is 0 Å². The Morgan fingerprint density at radius 1 is 0.889 bits per heavy atom. The predicted octanol–water partition coefficient (Wildman–Crippen LogP) is 7.01. The Bertz CT molecular complexity index is 427. The minimum atomic E-state index is -2.23. The van der Waals surface area contributed by atoms with Crippen LogP contribution >= 0.6 is 0 Å². The van der Waals surface area contributed by atoms with E-state index in [2.05, 4.69) is 30.9 Å². The van der Waals surface area contributed by atoms with E-state index in [0.29, 0.717) is 6.42 Å². The van der Waals surface area contributed by atoms with Crippen molar-refractivity contribution in [1.29, 1.82) is 0 Å². The first kappa shape index (κ1) is 26.7. The van der Waals surface area contributed by atoms with E-state index >= 15 is 0 Å². The van der Waals surface area contributed by atoms with Crippen LogP contribution in [0.4, 0.5) is 0 Å². The zero-order valence-corrected chi connectivity index (χ0v) is 21.7. The second-order valence-electron chi connectivity index (χ2n) is 8.92. The quantitative estimate of drug-likeness (QED) is 0.142. The molecule has 0 atom stereocenters. The number of hydrogen-bond donors (Lipinski definition) is 0. The fourth-order valence-electron chi connectivity index (χ4n) is 3.42. The van der Waals surface area contributed by atoms with Gasteiger partial charge in [-0.3, -0.25) is 0 Å². The van der Waals surface area contributed by atoms with Crippen LogP contribution in [0.15, 0.2) is 10.2 Å². The Hall–Kier alpha value is -0.321. The van der Waals surface area contributed by atoms with Gasteiger partial charge in [-0.25, -0.2) is 0 Å². The van der Waals surface area contributed by atoms with Crippen molar-refractivity contribution >= 4 is 30.1 Å². The summed E-state index contributed by atoms with van der Waals surface area (Å²) in [5.74, 6) is -0.413. The normalized spacial score (nSPS) is 12.5. The topological polar surface area (TPSA) is 43.4 Å². The number of ketones is 1. The van der Waals surface area contributed by atoms with E-state index in [4.69, 9.17) is 4.74 Å². The average Bonchev–Trinajstić information content (AvgIpc) is 2.57. The van der Waals surface area contributed by atoms with Crippen molar-refractivity contribution in [3.8, 4) is 0 Å². The fraction of sp³-hybridized carbons (Fsp3) is 0.826. The van der Waals surface area contributed by atoms with Gasteiger partial charge in [0.15, 0.2) is 0 Å². The second-order valence-corrected chi connectivity index (χ2v) is 21.9. The zero-order valence-electron chi connectivity index (χ0n) is 18.9. The average molecular weight is 487 g/mol. The van der Waals surface area contributed by atoms with Gasteiger partial charge < -0.3 is 0 Å². The molecule has 0 saturated heterocycles. The molecule has 0 fully saturated rings. The van der Waals surface area contributed by atoms with E-state index in [0.717, 1.165) is 6.42 Å². The third-order valence-corrected chi connectivity index (χ3v) is 19.2. The van der Waals surface area contributed by atoms with E-state index in [1.165, 1.54) is 51.8 Å². The molecule has 0 radical (unpaired) electrons. The maximum absolute atomic E-state index is 12.1. The van der Waals surface area contributed by atoms with Crippen LogP contribution in [0.2, 0.25) is 13.3 Å². The van der Waals surface area contributed by atoms with Crippen molar-refractivity contribution in [3.63, 3.8) is 0 Å². The van der Waals surface area contributed by atoms with Crippen LogP contribution in [0.3, 0.4) is 0 Å². The Kier molecular flexibility index (Phi) is 14.5. The van der Waals surface area contributed by atoms with Crippen LogP contribution in [-0.4, -0.2) is 35.7 Å². The van der Waals surface area contributed by atoms with E-state index in [9.17, 15) is 9.59 Å². The van der Waals surface area contributed by atoms with Crippen molar-refractivity contribution in [2.45, 2.75) is 118 Å². The van der Waals surface area contributed by atoms with Gasteiger partial charge in [-0.15, -0.1) is 0 Å². The number of unbranched alkanes of at least 4 members (excludes halogenated alkanes) is 3. The third kappa shape index (κ3) is 14.3. The Morgan fingerprint density at radius 2 is 1.37 bits per heavy atom. The molecule has 0 rings (SSSR count). The number of carbonyl (C=O) groups is 2. The summed E-state index contributed by atoms with van der Waals surface area (Å²) in [5, 5.41) is 0. The molecule has 3 nitrogen and oxygen atoms in total. The van der Waals surface area contributed by atoms with Gasteiger partial charge in [-0.05, 0) is 0 Å². The molecule has 0 N–H and O–H groups in total. The molecular formula is C23H44O3Sn. The molecule has 0 aromatic heterocycles. The standard InChI is InChI=1S/C11H17O3.3C4H9.Sn/c1-5-6-7-9(12)8-10(13)14-11(2,3)4;3*1-3-4-2;/h1,5H,6-8H2,2-4H3;3*1,3-4H2,2H3;. The van der Waals surface area contributed by atoms with Crippen LogP contribution in [0.5, 0.6) is 0 Å². The molecular weight excluding hydrogens is 443 g/mol. The summed E-state index contributed by atoms with van der Waals surface area (Å²) >= 11 is -2.23. The van der Waals surface area contributed by atoms with E-state index in [-0.39, 0.29) is 12.2 Å². The van der Waals surface area contributed by atoms with Crippen molar-refractivity contribution in [2.24, 2.45) is 0 Å². The molecule has 0 bridgehead atoms. The van der Waals surface area contributed by atoms with Gasteiger partial charge in [0.1, 0.15) is 0 Å². The number of Topliss-reactive ketones (excluding diaryl/α,β-unsaturated/α-hetero) is 1. The first-order chi connectivity index (χ1) is 12.7. The second kappa shape index (κ2) is 14.6. The Balaban J connectivity index is 4.68. The summed E-state index contributed by atoms with van der Waals surface area (Å²) in [7, 11) is 0. The van der Waals surface area contributed by atoms with Gasteiger partial charge in [-0.2, -0.15) is 0 Å². The number of hydrogen-bond acceptors (Lipinski definition) is 3. The van der Waals surface area contributed by atoms with Gasteiger partial charge in [-0.1, -0.05) is 0 Å². The minimum absolute atomic E-state index is 0.00891. The van der Waals surface area contributed by atoms with Crippen molar-refractivity contribution < 1.29 is 14.3 Å². The van der Waals surface area contributed by atoms with Gasteiger partial charge >= 0.3 is 173 Å². The first-order valence-corrected chi connectivity index (χ1v) is 18.8. The van der Waals surface area contributed by atoms with Crippen LogP contribution in [-0.2, 0) is 14.3 Å². The van der Waals surface area contributed by atoms with E-state index < -0.39 is 29.9 Å². The molecule has 4 heteroatoms. The van der Waals surface area contributed by atoms with Crippen molar-refractivity contribution in [3.05, 3.63) is 10.2 Å². The molecule has 0 aliphatic heterocycles. The van der Waals surface area contributed by atoms with Gasteiger partial charge in [0, 0.05) is 0 Å². The van der Waals surface area contributed by atoms with Gasteiger partial charge in [0.05, 0.1) is 0 Å². The van der Waals surface area contributed by atoms with Crippen LogP contribution in [0, 0.1) is 0 Å². The number of rotatable bonds is 15. The summed E-state index contributed by atoms with van der Waals surface area (Å²) in [6, 6.07) is 0. The third-order valence-electron chi connectivity index (χ3n) is 4.91. The molecule has 0 aromatic rings. The van der Waals surface area contributed by atoms with Crippen molar-refractivity contribution in [2.75, 3.05) is 0 Å². The number of ether oxygens (including phenoxy) is 1. The molecule has 0 unspecified atom stereocenters. The Labute approximate surface area is 172 Å². The number of carbonyl (C=O) groups excluding carboxylic acids is 2. The molecule has 0 amide bonds. The molecule has 0 saturated carbocycles. The summed E-state index contributed by atoms with van der Waals surface area (Å²) in [4.78, 5) is 23.8. The maximum atomic E-state index is 12.1. The van der Waals surface area contributed by atoms with Gasteiger partial charge in [0.25, 0.3) is 0 Å². The van der Waals surface area contributed by atoms with Crippen LogP contribution < -0.4 is 0 Å². The molecule has 158 valence electrons. The summed E-state index contributed by atoms with van der Waals surface area (Å²) in [6.45, 7) is 12.3. The van der Waals surface area contributed by atoms with E-state index in [1.807, 2.05) is 20.8 Å². The monoisotopic (exact) mass is 488 g/mol.